The fraction of sp³-hybridized carbons (Fsp3) is 0.950. The van der Waals surface area contributed by atoms with Crippen LogP contribution in [0.3, 0.4) is 0 Å². The number of ether oxygens (including phenoxy) is 4. The molecule has 6 heteroatoms. The zero-order valence-electron chi connectivity index (χ0n) is 32.1. The second kappa shape index (κ2) is 50.3. The van der Waals surface area contributed by atoms with E-state index in [1.54, 1.807) is 0 Å². The molecule has 0 spiro atoms. The molecule has 0 aromatic heterocycles. The molecule has 0 aliphatic rings. The molecule has 0 heterocycles. The van der Waals surface area contributed by atoms with Crippen LogP contribution < -0.4 is 0 Å². The second-order valence-corrected chi connectivity index (χ2v) is 12.7. The summed E-state index contributed by atoms with van der Waals surface area (Å²) >= 11 is 0. The first-order valence-corrected chi connectivity index (χ1v) is 19.7. The Hall–Kier alpha value is 0.957. The van der Waals surface area contributed by atoms with E-state index in [2.05, 4.69) is 41.5 Å². The van der Waals surface area contributed by atoms with E-state index in [1.165, 1.54) is 154 Å². The molecule has 0 atom stereocenters. The van der Waals surface area contributed by atoms with Crippen LogP contribution in [0.15, 0.2) is 0 Å². The van der Waals surface area contributed by atoms with Crippen LogP contribution in [0.1, 0.15) is 207 Å². The molecule has 0 aromatic carbocycles. The van der Waals surface area contributed by atoms with Crippen LogP contribution in [-0.4, -0.2) is 57.9 Å². The van der Waals surface area contributed by atoms with Gasteiger partial charge in [-0.3, -0.25) is 0 Å². The van der Waals surface area contributed by atoms with E-state index in [0.717, 1.165) is 52.1 Å². The first-order valence-electron chi connectivity index (χ1n) is 19.7. The van der Waals surface area contributed by atoms with E-state index in [9.17, 15) is 0 Å². The summed E-state index contributed by atoms with van der Waals surface area (Å²) in [5, 5.41) is 0. The van der Waals surface area contributed by atoms with Gasteiger partial charge in [-0.25, -0.2) is 0 Å². The van der Waals surface area contributed by atoms with Gasteiger partial charge in [-0.05, 0) is 38.5 Å². The maximum atomic E-state index is 5.95. The van der Waals surface area contributed by atoms with E-state index in [4.69, 9.17) is 18.9 Å². The average molecular weight is 698 g/mol. The fourth-order valence-corrected chi connectivity index (χ4v) is 5.09. The van der Waals surface area contributed by atoms with Crippen LogP contribution in [0.5, 0.6) is 0 Å². The minimum Gasteiger partial charge on any atom is -0.353 e. The van der Waals surface area contributed by atoms with Crippen molar-refractivity contribution in [1.82, 2.24) is 0 Å². The zero-order valence-corrected chi connectivity index (χ0v) is 33.1. The van der Waals surface area contributed by atoms with E-state index in [1.807, 2.05) is 0 Å². The fourth-order valence-electron chi connectivity index (χ4n) is 5.09. The monoisotopic (exact) mass is 697 g/mol. The van der Waals surface area contributed by atoms with Gasteiger partial charge in [0.1, 0.15) is 0 Å². The Morgan fingerprint density at radius 2 is 0.587 bits per heavy atom. The van der Waals surface area contributed by atoms with Crippen LogP contribution >= 0.6 is 0 Å². The number of unbranched alkanes of at least 4 members (excludes halogenated alkanes) is 20. The first kappa shape index (κ1) is 53.7. The minimum atomic E-state index is 0. The van der Waals surface area contributed by atoms with Crippen LogP contribution in [-0.2, 0) is 36.0 Å². The molecule has 0 N–H and O–H groups in total. The summed E-state index contributed by atoms with van der Waals surface area (Å²) in [5.74, 6) is 0. The quantitative estimate of drug-likeness (QED) is 0.0283. The van der Waals surface area contributed by atoms with E-state index < -0.39 is 0 Å². The van der Waals surface area contributed by atoms with Crippen molar-refractivity contribution in [3.63, 3.8) is 0 Å². The standard InChI is InChI=1S/2C20H41O2.Cu.Li/c2*1-4-7-10-12-15-18-21-20(17-14-9-6-3)22-19-16-13-11-8-5-2;;/h2*20H,3-19H2,1-2H3;;/q2*-1;+2;. The van der Waals surface area contributed by atoms with E-state index >= 15 is 0 Å². The molecule has 46 heavy (non-hydrogen) atoms. The zero-order chi connectivity index (χ0) is 32.6. The van der Waals surface area contributed by atoms with Gasteiger partial charge in [0.2, 0.25) is 0 Å². The van der Waals surface area contributed by atoms with Crippen LogP contribution in [0.2, 0.25) is 0 Å². The number of rotatable bonds is 36. The summed E-state index contributed by atoms with van der Waals surface area (Å²) in [6.45, 7) is 20.3. The molecule has 0 bridgehead atoms. The molecule has 278 valence electrons. The van der Waals surface area contributed by atoms with Gasteiger partial charge in [0, 0.05) is 45.3 Å². The summed E-state index contributed by atoms with van der Waals surface area (Å²) in [7, 11) is 0. The summed E-state index contributed by atoms with van der Waals surface area (Å²) < 4.78 is 23.8. The number of hydrogen-bond donors (Lipinski definition) is 0. The molecule has 0 aromatic rings. The van der Waals surface area contributed by atoms with Gasteiger partial charge in [-0.15, -0.1) is 0 Å². The molecule has 0 fully saturated rings. The predicted molar refractivity (Wildman–Crippen MR) is 200 cm³/mol. The Morgan fingerprint density at radius 1 is 0.348 bits per heavy atom. The van der Waals surface area contributed by atoms with Gasteiger partial charge in [0.25, 0.3) is 0 Å². The molecule has 0 amide bonds. The van der Waals surface area contributed by atoms with Crippen LogP contribution in [0, 0.1) is 13.8 Å². The van der Waals surface area contributed by atoms with Crippen molar-refractivity contribution in [3.05, 3.63) is 13.8 Å². The molecule has 0 unspecified atom stereocenters. The van der Waals surface area contributed by atoms with Crippen molar-refractivity contribution in [1.29, 1.82) is 0 Å². The smallest absolute Gasteiger partial charge is 0.353 e. The summed E-state index contributed by atoms with van der Waals surface area (Å²) in [5.41, 5.74) is 0. The molecular weight excluding hydrogens is 615 g/mol. The molecule has 4 nitrogen and oxygen atoms in total. The van der Waals surface area contributed by atoms with Gasteiger partial charge in [0.15, 0.2) is 12.6 Å². The van der Waals surface area contributed by atoms with Gasteiger partial charge in [0.05, 0.1) is 0 Å². The van der Waals surface area contributed by atoms with Crippen molar-refractivity contribution in [2.24, 2.45) is 0 Å². The van der Waals surface area contributed by atoms with Crippen LogP contribution in [0.4, 0.5) is 0 Å². The third kappa shape index (κ3) is 47.1. The number of hydrogen-bond acceptors (Lipinski definition) is 4. The molecule has 0 rings (SSSR count). The van der Waals surface area contributed by atoms with Crippen molar-refractivity contribution in [3.8, 4) is 0 Å². The normalized spacial score (nSPS) is 11.0. The van der Waals surface area contributed by atoms with Crippen molar-refractivity contribution in [2.45, 2.75) is 220 Å². The molecule has 0 aliphatic carbocycles. The van der Waals surface area contributed by atoms with Crippen molar-refractivity contribution < 1.29 is 36.0 Å². The Balaban J connectivity index is -0.000000367. The predicted octanol–water partition coefficient (Wildman–Crippen LogP) is 13.0. The third-order valence-electron chi connectivity index (χ3n) is 8.09. The Morgan fingerprint density at radius 3 is 0.804 bits per heavy atom. The maximum Gasteiger partial charge on any atom is 2.00 e. The molecule has 0 saturated heterocycles. The van der Waals surface area contributed by atoms with Gasteiger partial charge in [-0.1, -0.05) is 156 Å². The SMILES string of the molecule is [CH2-]CCCCC(OCCCCCCC)OCCCCCCC.[CH2-]CCCCC(OCCCCCCC)OCCCCCCC.[Cu+2].[Li]. The maximum absolute atomic E-state index is 5.95. The Kier molecular flexibility index (Phi) is 58.8. The second-order valence-electron chi connectivity index (χ2n) is 12.7. The molecule has 0 saturated carbocycles. The summed E-state index contributed by atoms with van der Waals surface area (Å²) in [6, 6.07) is 0. The first-order chi connectivity index (χ1) is 21.7. The topological polar surface area (TPSA) is 36.9 Å². The van der Waals surface area contributed by atoms with Crippen molar-refractivity contribution in [2.75, 3.05) is 26.4 Å². The summed E-state index contributed by atoms with van der Waals surface area (Å²) in [4.78, 5) is 0. The van der Waals surface area contributed by atoms with Gasteiger partial charge < -0.3 is 32.8 Å². The van der Waals surface area contributed by atoms with Gasteiger partial charge in [-0.2, -0.15) is 12.8 Å². The van der Waals surface area contributed by atoms with Crippen molar-refractivity contribution >= 4 is 18.9 Å². The Labute approximate surface area is 313 Å². The summed E-state index contributed by atoms with van der Waals surface area (Å²) in [6.07, 6.45) is 34.6. The Bertz CT molecular complexity index is 412. The van der Waals surface area contributed by atoms with E-state index in [-0.39, 0.29) is 48.5 Å². The molecular formula is C40H82CuLiO4. The molecule has 0 aliphatic heterocycles. The van der Waals surface area contributed by atoms with E-state index in [0.29, 0.717) is 0 Å². The average Bonchev–Trinajstić information content (AvgIpc) is 3.03. The third-order valence-corrected chi connectivity index (χ3v) is 8.09. The largest absolute Gasteiger partial charge is 2.00 e. The molecule has 2 radical (unpaired) electrons. The minimum absolute atomic E-state index is 0. The van der Waals surface area contributed by atoms with Gasteiger partial charge >= 0.3 is 17.1 Å². The van der Waals surface area contributed by atoms with Crippen LogP contribution in [0.25, 0.3) is 0 Å².